The van der Waals surface area contributed by atoms with Crippen molar-refractivity contribution in [2.75, 3.05) is 0 Å². The highest BCUT2D eigenvalue weighted by molar-refractivity contribution is 5.87. The summed E-state index contributed by atoms with van der Waals surface area (Å²) in [5, 5.41) is 0. The van der Waals surface area contributed by atoms with E-state index >= 15 is 0 Å². The Hall–Kier alpha value is -4.68. The van der Waals surface area contributed by atoms with E-state index in [1.54, 1.807) is 22.3 Å². The molecule has 0 unspecified atom stereocenters. The standard InChI is InChI=1S/C56H62/c1-5-13-43(14-6-1)39-47-21-29-51(30-22-47)55(52-31-23-48(24-32-52)40-44-15-7-2-8-16-44)37-38-56(53-33-25-49(26-34-53)41-45-17-9-3-10-18-45)54-35-27-50(28-36-54)42-46-19-11-4-12-20-46/h21-42H,1-20H2. The van der Waals surface area contributed by atoms with E-state index in [1.165, 1.54) is 184 Å². The van der Waals surface area contributed by atoms with Crippen molar-refractivity contribution < 1.29 is 0 Å². The molecule has 0 aromatic heterocycles. The quantitative estimate of drug-likeness (QED) is 0.150. The van der Waals surface area contributed by atoms with Crippen molar-refractivity contribution in [1.29, 1.82) is 0 Å². The van der Waals surface area contributed by atoms with Gasteiger partial charge in [0.2, 0.25) is 0 Å². The van der Waals surface area contributed by atoms with Crippen LogP contribution in [0, 0.1) is 0 Å². The second-order valence-electron chi connectivity index (χ2n) is 17.1. The van der Waals surface area contributed by atoms with Gasteiger partial charge in [0.15, 0.2) is 0 Å². The second-order valence-corrected chi connectivity index (χ2v) is 17.1. The van der Waals surface area contributed by atoms with Crippen LogP contribution in [-0.2, 0) is 0 Å². The Morgan fingerprint density at radius 3 is 0.643 bits per heavy atom. The highest BCUT2D eigenvalue weighted by Gasteiger charge is 2.12. The number of benzene rings is 4. The van der Waals surface area contributed by atoms with E-state index in [4.69, 9.17) is 0 Å². The Labute approximate surface area is 338 Å². The molecule has 4 aromatic carbocycles. The molecule has 0 spiro atoms. The molecule has 4 aliphatic rings. The summed E-state index contributed by atoms with van der Waals surface area (Å²) in [5.41, 5.74) is 19.3. The Balaban J connectivity index is 1.17. The molecule has 0 bridgehead atoms. The van der Waals surface area contributed by atoms with Crippen LogP contribution in [0.15, 0.2) is 132 Å². The largest absolute Gasteiger partial charge is 0.0696 e. The van der Waals surface area contributed by atoms with Crippen LogP contribution in [0.2, 0.25) is 0 Å². The maximum Gasteiger partial charge on any atom is -0.0111 e. The minimum atomic E-state index is 1.25. The van der Waals surface area contributed by atoms with Crippen LogP contribution in [-0.4, -0.2) is 0 Å². The minimum Gasteiger partial charge on any atom is -0.0696 e. The first kappa shape index (κ1) is 38.2. The van der Waals surface area contributed by atoms with Crippen LogP contribution in [0.1, 0.15) is 173 Å². The normalized spacial score (nSPS) is 17.5. The fraction of sp³-hybridized carbons (Fsp3) is 0.357. The zero-order valence-corrected chi connectivity index (χ0v) is 33.8. The van der Waals surface area contributed by atoms with Crippen LogP contribution in [0.25, 0.3) is 35.5 Å². The van der Waals surface area contributed by atoms with Gasteiger partial charge >= 0.3 is 0 Å². The maximum absolute atomic E-state index is 2.44. The van der Waals surface area contributed by atoms with Crippen LogP contribution in [0.3, 0.4) is 0 Å². The van der Waals surface area contributed by atoms with Crippen LogP contribution < -0.4 is 0 Å². The van der Waals surface area contributed by atoms with Crippen LogP contribution in [0.5, 0.6) is 0 Å². The van der Waals surface area contributed by atoms with Gasteiger partial charge in [0.25, 0.3) is 0 Å². The molecule has 0 saturated heterocycles. The number of hydrogen-bond acceptors (Lipinski definition) is 0. The lowest BCUT2D eigenvalue weighted by Gasteiger charge is -2.15. The minimum absolute atomic E-state index is 1.25. The van der Waals surface area contributed by atoms with Gasteiger partial charge in [0.05, 0.1) is 0 Å². The van der Waals surface area contributed by atoms with Crippen molar-refractivity contribution >= 4 is 35.5 Å². The summed E-state index contributed by atoms with van der Waals surface area (Å²) >= 11 is 0. The van der Waals surface area contributed by atoms with Gasteiger partial charge < -0.3 is 0 Å². The molecular weight excluding hydrogens is 673 g/mol. The van der Waals surface area contributed by atoms with Crippen molar-refractivity contribution in [2.24, 2.45) is 0 Å². The zero-order chi connectivity index (χ0) is 37.8. The smallest absolute Gasteiger partial charge is 0.0111 e. The SMILES string of the molecule is C(=C1CCCCC1)c1ccc(C(=CC=C(c2ccc(C=C3CCCCC3)cc2)c2ccc(C=C3CCCCC3)cc2)c2ccc(C=C3CCCCC3)cc2)cc1. The van der Waals surface area contributed by atoms with Crippen molar-refractivity contribution in [1.82, 2.24) is 0 Å². The lowest BCUT2D eigenvalue weighted by molar-refractivity contribution is 0.602. The van der Waals surface area contributed by atoms with Gasteiger partial charge in [-0.15, -0.1) is 0 Å². The molecule has 0 radical (unpaired) electrons. The first-order valence-electron chi connectivity index (χ1n) is 22.3. The molecule has 8 rings (SSSR count). The molecular formula is C56H62. The molecule has 0 amide bonds. The summed E-state index contributed by atoms with van der Waals surface area (Å²) in [4.78, 5) is 0. The molecule has 4 aromatic rings. The molecule has 0 atom stereocenters. The average Bonchev–Trinajstić information content (AvgIpc) is 3.26. The molecule has 56 heavy (non-hydrogen) atoms. The van der Waals surface area contributed by atoms with E-state index in [-0.39, 0.29) is 0 Å². The summed E-state index contributed by atoms with van der Waals surface area (Å²) in [6.07, 6.45) is 40.7. The first-order chi connectivity index (χ1) is 27.7. The monoisotopic (exact) mass is 734 g/mol. The fourth-order valence-corrected chi connectivity index (χ4v) is 9.46. The molecule has 286 valence electrons. The van der Waals surface area contributed by atoms with Gasteiger partial charge in [-0.2, -0.15) is 0 Å². The van der Waals surface area contributed by atoms with Crippen LogP contribution in [0.4, 0.5) is 0 Å². The Morgan fingerprint density at radius 1 is 0.250 bits per heavy atom. The first-order valence-corrected chi connectivity index (χ1v) is 22.3. The summed E-state index contributed by atoms with van der Waals surface area (Å²) in [7, 11) is 0. The van der Waals surface area contributed by atoms with Crippen molar-refractivity contribution in [2.45, 2.75) is 128 Å². The molecule has 0 heterocycles. The third kappa shape index (κ3) is 10.6. The summed E-state index contributed by atoms with van der Waals surface area (Å²) in [6, 6.07) is 37.4. The fourth-order valence-electron chi connectivity index (χ4n) is 9.46. The number of rotatable bonds is 9. The molecule has 0 heteroatoms. The summed E-state index contributed by atoms with van der Waals surface area (Å²) in [5.74, 6) is 0. The van der Waals surface area contributed by atoms with Crippen LogP contribution >= 0.6 is 0 Å². The predicted octanol–water partition coefficient (Wildman–Crippen LogP) is 16.6. The molecule has 4 aliphatic carbocycles. The maximum atomic E-state index is 2.44. The Morgan fingerprint density at radius 2 is 0.446 bits per heavy atom. The van der Waals surface area contributed by atoms with Gasteiger partial charge in [-0.3, -0.25) is 0 Å². The molecule has 0 N–H and O–H groups in total. The van der Waals surface area contributed by atoms with E-state index < -0.39 is 0 Å². The van der Waals surface area contributed by atoms with Gasteiger partial charge in [0, 0.05) is 0 Å². The topological polar surface area (TPSA) is 0 Å². The lowest BCUT2D eigenvalue weighted by atomic mass is 9.90. The summed E-state index contributed by atoms with van der Waals surface area (Å²) < 4.78 is 0. The van der Waals surface area contributed by atoms with Gasteiger partial charge in [-0.05, 0) is 158 Å². The van der Waals surface area contributed by atoms with E-state index in [0.717, 1.165) is 0 Å². The predicted molar refractivity (Wildman–Crippen MR) is 244 cm³/mol. The lowest BCUT2D eigenvalue weighted by Crippen LogP contribution is -1.95. The second kappa shape index (κ2) is 19.5. The Bertz CT molecular complexity index is 1750. The van der Waals surface area contributed by atoms with Gasteiger partial charge in [-0.1, -0.05) is 181 Å². The van der Waals surface area contributed by atoms with Crippen molar-refractivity contribution in [3.8, 4) is 0 Å². The third-order valence-electron chi connectivity index (χ3n) is 12.8. The number of hydrogen-bond donors (Lipinski definition) is 0. The van der Waals surface area contributed by atoms with E-state index in [2.05, 4.69) is 134 Å². The van der Waals surface area contributed by atoms with E-state index in [1.807, 2.05) is 0 Å². The average molecular weight is 735 g/mol. The molecule has 0 aliphatic heterocycles. The van der Waals surface area contributed by atoms with Crippen molar-refractivity contribution in [3.05, 3.63) is 176 Å². The highest BCUT2D eigenvalue weighted by atomic mass is 14.2. The number of allylic oxidation sites excluding steroid dienone is 6. The van der Waals surface area contributed by atoms with Crippen molar-refractivity contribution in [3.63, 3.8) is 0 Å². The van der Waals surface area contributed by atoms with Gasteiger partial charge in [0.1, 0.15) is 0 Å². The third-order valence-corrected chi connectivity index (χ3v) is 12.8. The molecule has 0 nitrogen and oxygen atoms in total. The summed E-state index contributed by atoms with van der Waals surface area (Å²) in [6.45, 7) is 0. The molecule has 4 fully saturated rings. The zero-order valence-electron chi connectivity index (χ0n) is 33.8. The molecule has 4 saturated carbocycles. The van der Waals surface area contributed by atoms with Gasteiger partial charge in [-0.25, -0.2) is 0 Å². The van der Waals surface area contributed by atoms with E-state index in [9.17, 15) is 0 Å². The Kier molecular flexibility index (Phi) is 13.3. The highest BCUT2D eigenvalue weighted by Crippen LogP contribution is 2.33. The van der Waals surface area contributed by atoms with E-state index in [0.29, 0.717) is 0 Å².